The van der Waals surface area contributed by atoms with E-state index in [-0.39, 0.29) is 0 Å². The van der Waals surface area contributed by atoms with E-state index in [1.165, 1.54) is 5.56 Å². The molecule has 1 rings (SSSR count). The monoisotopic (exact) mass is 310 g/mol. The normalized spacial score (nSPS) is 10.4. The van der Waals surface area contributed by atoms with Crippen LogP contribution in [0.1, 0.15) is 32.3 Å². The molecule has 4 heteroatoms. The number of nitrogens with zero attached hydrogens (tertiary/aromatic N) is 1. The van der Waals surface area contributed by atoms with Gasteiger partial charge in [-0.05, 0) is 30.2 Å². The van der Waals surface area contributed by atoms with Crippen molar-refractivity contribution >= 4 is 15.9 Å². The van der Waals surface area contributed by atoms with Crippen molar-refractivity contribution in [2.75, 3.05) is 6.61 Å². The van der Waals surface area contributed by atoms with Crippen LogP contribution < -0.4 is 10.1 Å². The van der Waals surface area contributed by atoms with Gasteiger partial charge in [0.1, 0.15) is 5.75 Å². The Labute approximate surface area is 117 Å². The molecular weight excluding hydrogens is 292 g/mol. The van der Waals surface area contributed by atoms with Crippen LogP contribution in [0.3, 0.4) is 0 Å². The Balaban J connectivity index is 2.54. The summed E-state index contributed by atoms with van der Waals surface area (Å²) in [5, 5.41) is 11.8. The highest BCUT2D eigenvalue weighted by Crippen LogP contribution is 2.22. The highest BCUT2D eigenvalue weighted by molar-refractivity contribution is 9.10. The molecule has 3 nitrogen and oxygen atoms in total. The summed E-state index contributed by atoms with van der Waals surface area (Å²) in [6, 6.07) is 8.54. The minimum absolute atomic E-state index is 0.456. The molecule has 1 aromatic rings. The molecule has 0 unspecified atom stereocenters. The van der Waals surface area contributed by atoms with Gasteiger partial charge in [0.05, 0.1) is 12.7 Å². The zero-order valence-electron chi connectivity index (χ0n) is 10.9. The van der Waals surface area contributed by atoms with Crippen molar-refractivity contribution in [1.82, 2.24) is 5.32 Å². The molecule has 1 aromatic carbocycles. The van der Waals surface area contributed by atoms with Crippen molar-refractivity contribution in [3.05, 3.63) is 28.2 Å². The average molecular weight is 311 g/mol. The number of nitriles is 1. The van der Waals surface area contributed by atoms with E-state index in [1.807, 2.05) is 18.2 Å². The molecule has 0 saturated heterocycles. The van der Waals surface area contributed by atoms with Gasteiger partial charge >= 0.3 is 0 Å². The van der Waals surface area contributed by atoms with Gasteiger partial charge in [0.15, 0.2) is 0 Å². The van der Waals surface area contributed by atoms with Crippen LogP contribution in [0.4, 0.5) is 0 Å². The van der Waals surface area contributed by atoms with E-state index in [9.17, 15) is 0 Å². The maximum absolute atomic E-state index is 8.45. The van der Waals surface area contributed by atoms with Gasteiger partial charge in [-0.15, -0.1) is 0 Å². The third-order valence-corrected chi connectivity index (χ3v) is 3.19. The van der Waals surface area contributed by atoms with Crippen LogP contribution in [0.5, 0.6) is 5.75 Å². The second-order valence-electron chi connectivity index (χ2n) is 4.40. The van der Waals surface area contributed by atoms with E-state index in [1.54, 1.807) is 0 Å². The molecule has 0 bridgehead atoms. The van der Waals surface area contributed by atoms with Crippen molar-refractivity contribution in [2.45, 2.75) is 39.3 Å². The fourth-order valence-electron chi connectivity index (χ4n) is 1.43. The van der Waals surface area contributed by atoms with E-state index in [4.69, 9.17) is 10.00 Å². The molecule has 18 heavy (non-hydrogen) atoms. The quantitative estimate of drug-likeness (QED) is 0.782. The maximum atomic E-state index is 8.45. The highest BCUT2D eigenvalue weighted by Gasteiger charge is 2.03. The Morgan fingerprint density at radius 1 is 1.44 bits per heavy atom. The average Bonchev–Trinajstić information content (AvgIpc) is 2.34. The van der Waals surface area contributed by atoms with Gasteiger partial charge in [0, 0.05) is 23.5 Å². The maximum Gasteiger partial charge on any atom is 0.119 e. The SMILES string of the molecule is CC(C)NCc1cc(OCCCC#N)ccc1Br. The van der Waals surface area contributed by atoms with Crippen molar-refractivity contribution in [3.63, 3.8) is 0 Å². The number of ether oxygens (including phenoxy) is 1. The Bertz CT molecular complexity index is 413. The lowest BCUT2D eigenvalue weighted by Gasteiger charge is -2.12. The lowest BCUT2D eigenvalue weighted by atomic mass is 10.2. The molecule has 0 aromatic heterocycles. The summed E-state index contributed by atoms with van der Waals surface area (Å²) < 4.78 is 6.69. The molecule has 0 aliphatic carbocycles. The number of hydrogen-bond donors (Lipinski definition) is 1. The molecule has 0 fully saturated rings. The van der Waals surface area contributed by atoms with Crippen LogP contribution in [-0.4, -0.2) is 12.6 Å². The van der Waals surface area contributed by atoms with Crippen molar-refractivity contribution < 1.29 is 4.74 Å². The van der Waals surface area contributed by atoms with Crippen LogP contribution in [-0.2, 0) is 6.54 Å². The molecule has 0 amide bonds. The standard InChI is InChI=1S/C14H19BrN2O/c1-11(2)17-10-12-9-13(5-6-14(12)15)18-8-4-3-7-16/h5-6,9,11,17H,3-4,8,10H2,1-2H3. The molecule has 0 aliphatic heterocycles. The predicted molar refractivity (Wildman–Crippen MR) is 76.5 cm³/mol. The van der Waals surface area contributed by atoms with Crippen molar-refractivity contribution in [3.8, 4) is 11.8 Å². The van der Waals surface area contributed by atoms with Gasteiger partial charge in [-0.3, -0.25) is 0 Å². The van der Waals surface area contributed by atoms with Crippen LogP contribution >= 0.6 is 15.9 Å². The number of rotatable bonds is 7. The second-order valence-corrected chi connectivity index (χ2v) is 5.25. The smallest absolute Gasteiger partial charge is 0.119 e. The van der Waals surface area contributed by atoms with E-state index in [0.717, 1.165) is 23.2 Å². The van der Waals surface area contributed by atoms with Crippen molar-refractivity contribution in [2.24, 2.45) is 0 Å². The fourth-order valence-corrected chi connectivity index (χ4v) is 1.82. The lowest BCUT2D eigenvalue weighted by molar-refractivity contribution is 0.312. The summed E-state index contributed by atoms with van der Waals surface area (Å²) in [6.07, 6.45) is 1.31. The minimum Gasteiger partial charge on any atom is -0.494 e. The number of hydrogen-bond acceptors (Lipinski definition) is 3. The molecular formula is C14H19BrN2O. The first kappa shape index (κ1) is 15.0. The largest absolute Gasteiger partial charge is 0.494 e. The molecule has 0 atom stereocenters. The van der Waals surface area contributed by atoms with Gasteiger partial charge in [0.25, 0.3) is 0 Å². The Morgan fingerprint density at radius 2 is 2.22 bits per heavy atom. The lowest BCUT2D eigenvalue weighted by Crippen LogP contribution is -2.22. The Morgan fingerprint density at radius 3 is 2.89 bits per heavy atom. The molecule has 1 N–H and O–H groups in total. The Hall–Kier alpha value is -1.05. The van der Waals surface area contributed by atoms with E-state index < -0.39 is 0 Å². The minimum atomic E-state index is 0.456. The summed E-state index contributed by atoms with van der Waals surface area (Å²) in [6.45, 7) is 5.65. The van der Waals surface area contributed by atoms with Gasteiger partial charge in [0.2, 0.25) is 0 Å². The van der Waals surface area contributed by atoms with Crippen molar-refractivity contribution in [1.29, 1.82) is 5.26 Å². The summed E-state index contributed by atoms with van der Waals surface area (Å²) in [5.74, 6) is 0.858. The first-order valence-corrected chi connectivity index (χ1v) is 6.94. The van der Waals surface area contributed by atoms with Crippen LogP contribution in [0, 0.1) is 11.3 Å². The number of halogens is 1. The van der Waals surface area contributed by atoms with E-state index in [0.29, 0.717) is 19.1 Å². The molecule has 98 valence electrons. The first-order valence-electron chi connectivity index (χ1n) is 6.15. The van der Waals surface area contributed by atoms with E-state index >= 15 is 0 Å². The molecule has 0 spiro atoms. The molecule has 0 aliphatic rings. The van der Waals surface area contributed by atoms with Crippen LogP contribution in [0.2, 0.25) is 0 Å². The third-order valence-electron chi connectivity index (χ3n) is 2.42. The van der Waals surface area contributed by atoms with E-state index in [2.05, 4.69) is 41.2 Å². The van der Waals surface area contributed by atoms with Crippen LogP contribution in [0.25, 0.3) is 0 Å². The molecule has 0 saturated carbocycles. The van der Waals surface area contributed by atoms with Gasteiger partial charge < -0.3 is 10.1 Å². The van der Waals surface area contributed by atoms with Crippen LogP contribution in [0.15, 0.2) is 22.7 Å². The number of unbranched alkanes of at least 4 members (excludes halogenated alkanes) is 1. The summed E-state index contributed by atoms with van der Waals surface area (Å²) in [4.78, 5) is 0. The summed E-state index contributed by atoms with van der Waals surface area (Å²) in [7, 11) is 0. The zero-order valence-corrected chi connectivity index (χ0v) is 12.5. The number of benzene rings is 1. The summed E-state index contributed by atoms with van der Waals surface area (Å²) >= 11 is 3.53. The summed E-state index contributed by atoms with van der Waals surface area (Å²) in [5.41, 5.74) is 1.18. The highest BCUT2D eigenvalue weighted by atomic mass is 79.9. The van der Waals surface area contributed by atoms with Gasteiger partial charge in [-0.2, -0.15) is 5.26 Å². The predicted octanol–water partition coefficient (Wildman–Crippen LogP) is 3.63. The Kier molecular flexibility index (Phi) is 6.77. The second kappa shape index (κ2) is 8.12. The zero-order chi connectivity index (χ0) is 13.4. The fraction of sp³-hybridized carbons (Fsp3) is 0.500. The molecule has 0 heterocycles. The van der Waals surface area contributed by atoms with Gasteiger partial charge in [-0.25, -0.2) is 0 Å². The first-order chi connectivity index (χ1) is 8.63. The number of nitrogens with one attached hydrogen (secondary N) is 1. The topological polar surface area (TPSA) is 45.0 Å². The third kappa shape index (κ3) is 5.52. The van der Waals surface area contributed by atoms with Gasteiger partial charge in [-0.1, -0.05) is 29.8 Å². The molecule has 0 radical (unpaired) electrons.